The van der Waals surface area contributed by atoms with Gasteiger partial charge in [-0.15, -0.1) is 0 Å². The summed E-state index contributed by atoms with van der Waals surface area (Å²) in [5.74, 6) is 12.6. The number of hydroxylamine groups is 2. The molecule has 0 radical (unpaired) electrons. The summed E-state index contributed by atoms with van der Waals surface area (Å²) in [7, 11) is 0. The molecule has 4 aromatic rings. The summed E-state index contributed by atoms with van der Waals surface area (Å²) in [5.41, 5.74) is 7.78. The Morgan fingerprint density at radius 3 is 0.977 bits per heavy atom. The topological polar surface area (TPSA) is 337 Å². The molecule has 2 amide bonds. The third kappa shape index (κ3) is 38.2. The molecule has 0 bridgehead atoms. The van der Waals surface area contributed by atoms with E-state index < -0.39 is 46.9 Å². The van der Waals surface area contributed by atoms with Crippen LogP contribution in [0, 0.1) is 22.7 Å². The summed E-state index contributed by atoms with van der Waals surface area (Å²) >= 11 is 0. The minimum absolute atomic E-state index is 0.180. The summed E-state index contributed by atoms with van der Waals surface area (Å²) in [6, 6.07) is 33.4. The molecule has 0 fully saturated rings. The van der Waals surface area contributed by atoms with Crippen molar-refractivity contribution < 1.29 is 81.2 Å². The molecule has 476 valence electrons. The highest BCUT2D eigenvalue weighted by atomic mass is 16.8. The highest BCUT2D eigenvalue weighted by Crippen LogP contribution is 2.20. The maximum Gasteiger partial charge on any atom is 0.519 e. The number of nitrogens with two attached hydrogens (primary N) is 2. The number of rotatable bonds is 20. The lowest BCUT2D eigenvalue weighted by Gasteiger charge is -2.20. The Hall–Kier alpha value is -8.56. The van der Waals surface area contributed by atoms with Crippen LogP contribution in [-0.4, -0.2) is 124 Å². The van der Waals surface area contributed by atoms with Gasteiger partial charge in [-0.1, -0.05) is 0 Å². The smallest absolute Gasteiger partial charge is 0.491 e. The first-order valence-corrected chi connectivity index (χ1v) is 27.9. The van der Waals surface area contributed by atoms with Crippen LogP contribution in [-0.2, 0) is 43.0 Å². The number of carbonyl (C=O) groups is 4. The van der Waals surface area contributed by atoms with Crippen LogP contribution in [0.2, 0.25) is 0 Å². The number of hydrogen-bond donors (Lipinski definition) is 4. The monoisotopic (exact) mass is 1210 g/mol. The molecule has 2 aliphatic heterocycles. The van der Waals surface area contributed by atoms with Crippen LogP contribution in [0.5, 0.6) is 23.0 Å². The van der Waals surface area contributed by atoms with Crippen molar-refractivity contribution in [3.63, 3.8) is 0 Å². The number of aliphatic imine (C=N–C) groups is 2. The van der Waals surface area contributed by atoms with Crippen LogP contribution >= 0.6 is 0 Å². The molecule has 0 saturated carbocycles. The van der Waals surface area contributed by atoms with Gasteiger partial charge in [-0.3, -0.25) is 19.7 Å². The van der Waals surface area contributed by atoms with Gasteiger partial charge in [-0.05, 0) is 217 Å². The van der Waals surface area contributed by atoms with E-state index in [1.54, 1.807) is 132 Å². The normalized spacial score (nSPS) is 12.4. The lowest BCUT2D eigenvalue weighted by atomic mass is 10.1. The van der Waals surface area contributed by atoms with Crippen molar-refractivity contribution in [2.75, 3.05) is 65.9 Å². The van der Waals surface area contributed by atoms with E-state index in [9.17, 15) is 19.2 Å². The fraction of sp³-hybridized carbons (Fsp3) is 0.484. The molecule has 25 nitrogen and oxygen atoms in total. The van der Waals surface area contributed by atoms with Crippen molar-refractivity contribution in [1.82, 2.24) is 11.0 Å². The molecule has 0 unspecified atom stereocenters. The first kappa shape index (κ1) is 74.5. The molecule has 0 atom stereocenters. The number of amides is 2. The first-order valence-electron chi connectivity index (χ1n) is 27.9. The molecule has 2 aliphatic rings. The van der Waals surface area contributed by atoms with E-state index in [-0.39, 0.29) is 19.8 Å². The van der Waals surface area contributed by atoms with Crippen LogP contribution in [0.3, 0.4) is 0 Å². The Morgan fingerprint density at radius 2 is 0.724 bits per heavy atom. The average Bonchev–Trinajstić information content (AvgIpc) is 4.12. The summed E-state index contributed by atoms with van der Waals surface area (Å²) in [6.45, 7) is 25.2. The molecule has 6 rings (SSSR count). The summed E-state index contributed by atoms with van der Waals surface area (Å²) < 4.78 is 45.4. The average molecular weight is 1220 g/mol. The standard InChI is InChI=1S/C17H24N2O4.C14H18N2O4.C12H16N2O2.C10H18O5.C9H10N2O2/c1-17(2,3)23-16(20)19-22-12-11-21-14-8-6-13(7-9-14)15-5-4-10-18-15;1-14(2,3)20-13(17)16-19-9-8-18-12-6-4-11(10-15)5-7-12;13-16-9-8-15-11-5-3-10(4-6-11)12-2-1-7-14-12;1-9(2,3)14-7(11)13-8(12)15-10(4,5)6;10-7-8-1-3-9(4-2-8)12-5-6-13-11/h6-9H,4-5,10-12H2,1-3H3,(H,19,20);4-7H,8-9H2,1-3H3,(H,16,17);3-6H,1-2,7-9,13H2;1-6H3;1-4H,5-6,11H2. The van der Waals surface area contributed by atoms with E-state index in [1.807, 2.05) is 60.7 Å². The van der Waals surface area contributed by atoms with Gasteiger partial charge in [0.2, 0.25) is 0 Å². The van der Waals surface area contributed by atoms with E-state index in [4.69, 9.17) is 69.9 Å². The molecule has 0 saturated heterocycles. The minimum Gasteiger partial charge on any atom is -0.491 e. The molecule has 2 heterocycles. The second-order valence-electron chi connectivity index (χ2n) is 22.3. The van der Waals surface area contributed by atoms with Gasteiger partial charge < -0.3 is 52.3 Å². The van der Waals surface area contributed by atoms with Gasteiger partial charge in [0.1, 0.15) is 98.3 Å². The highest BCUT2D eigenvalue weighted by molar-refractivity contribution is 6.02. The van der Waals surface area contributed by atoms with Gasteiger partial charge in [0.25, 0.3) is 0 Å². The van der Waals surface area contributed by atoms with Crippen molar-refractivity contribution in [2.45, 2.75) is 131 Å². The van der Waals surface area contributed by atoms with E-state index in [0.717, 1.165) is 49.4 Å². The molecular weight excluding hydrogens is 1130 g/mol. The van der Waals surface area contributed by atoms with Crippen LogP contribution in [0.15, 0.2) is 107 Å². The molecule has 87 heavy (non-hydrogen) atoms. The quantitative estimate of drug-likeness (QED) is 0.0210. The number of carbonyl (C=O) groups excluding carboxylic acids is 4. The van der Waals surface area contributed by atoms with Gasteiger partial charge in [-0.25, -0.2) is 31.0 Å². The fourth-order valence-electron chi connectivity index (χ4n) is 6.53. The van der Waals surface area contributed by atoms with Crippen LogP contribution in [0.25, 0.3) is 0 Å². The zero-order valence-corrected chi connectivity index (χ0v) is 52.0. The molecule has 0 spiro atoms. The Morgan fingerprint density at radius 1 is 0.437 bits per heavy atom. The van der Waals surface area contributed by atoms with E-state index in [1.165, 1.54) is 23.4 Å². The Kier molecular flexibility index (Phi) is 34.2. The van der Waals surface area contributed by atoms with E-state index in [2.05, 4.69) is 35.4 Å². The SMILES string of the molecule is CC(C)(C)OC(=O)NOCCOc1ccc(C#N)cc1.CC(C)(C)OC(=O)NOCCOc1ccc(C2=NCCC2)cc1.CC(C)(C)OC(=O)OC(=O)OC(C)(C)C.N#Cc1ccc(OCCON)cc1.NOCCOc1ccc(C2=NCCC2)cc1. The second-order valence-corrected chi connectivity index (χ2v) is 22.3. The molecule has 25 heteroatoms. The van der Waals surface area contributed by atoms with E-state index in [0.29, 0.717) is 55.7 Å². The number of nitrogens with one attached hydrogen (secondary N) is 2. The van der Waals surface area contributed by atoms with Gasteiger partial charge >= 0.3 is 24.5 Å². The minimum atomic E-state index is -1.06. The zero-order chi connectivity index (χ0) is 64.7. The molecule has 6 N–H and O–H groups in total. The predicted molar refractivity (Wildman–Crippen MR) is 323 cm³/mol. The lowest BCUT2D eigenvalue weighted by molar-refractivity contribution is -0.0295. The Balaban J connectivity index is 0.000000376. The predicted octanol–water partition coefficient (Wildman–Crippen LogP) is 10.7. The van der Waals surface area contributed by atoms with Crippen molar-refractivity contribution in [1.29, 1.82) is 10.5 Å². The van der Waals surface area contributed by atoms with E-state index >= 15 is 0 Å². The number of ether oxygens (including phenoxy) is 9. The Labute approximate surface area is 510 Å². The van der Waals surface area contributed by atoms with Crippen molar-refractivity contribution in [3.8, 4) is 35.1 Å². The van der Waals surface area contributed by atoms with Crippen molar-refractivity contribution >= 4 is 35.9 Å². The van der Waals surface area contributed by atoms with Gasteiger partial charge in [-0.2, -0.15) is 21.5 Å². The maximum atomic E-state index is 11.3. The third-order valence-corrected chi connectivity index (χ3v) is 9.99. The Bertz CT molecular complexity index is 2770. The summed E-state index contributed by atoms with van der Waals surface area (Å²) in [6.07, 6.45) is 1.06. The number of benzene rings is 4. The van der Waals surface area contributed by atoms with Gasteiger partial charge in [0, 0.05) is 24.5 Å². The van der Waals surface area contributed by atoms with Gasteiger partial charge in [0.05, 0.1) is 23.3 Å². The summed E-state index contributed by atoms with van der Waals surface area (Å²) in [4.78, 5) is 72.2. The number of hydrogen-bond acceptors (Lipinski definition) is 23. The highest BCUT2D eigenvalue weighted by Gasteiger charge is 2.25. The second kappa shape index (κ2) is 39.9. The third-order valence-electron chi connectivity index (χ3n) is 9.99. The van der Waals surface area contributed by atoms with Crippen molar-refractivity contribution in [3.05, 3.63) is 119 Å². The number of nitriles is 2. The number of nitrogens with zero attached hydrogens (tertiary/aromatic N) is 4. The maximum absolute atomic E-state index is 11.3. The largest absolute Gasteiger partial charge is 0.519 e. The van der Waals surface area contributed by atoms with Gasteiger partial charge in [0.15, 0.2) is 0 Å². The lowest BCUT2D eigenvalue weighted by Crippen LogP contribution is -2.33. The molecule has 0 aliphatic carbocycles. The van der Waals surface area contributed by atoms with Crippen molar-refractivity contribution in [2.24, 2.45) is 21.8 Å². The first-order chi connectivity index (χ1) is 41.1. The molecule has 0 aromatic heterocycles. The molecular formula is C62H86N8O17. The molecule has 4 aromatic carbocycles. The van der Waals surface area contributed by atoms with Crippen LogP contribution in [0.1, 0.15) is 131 Å². The van der Waals surface area contributed by atoms with Crippen LogP contribution in [0.4, 0.5) is 19.2 Å². The van der Waals surface area contributed by atoms with Crippen LogP contribution < -0.4 is 41.7 Å². The zero-order valence-electron chi connectivity index (χ0n) is 52.0. The summed E-state index contributed by atoms with van der Waals surface area (Å²) in [5, 5.41) is 17.2. The fourth-order valence-corrected chi connectivity index (χ4v) is 6.53.